The molecule has 0 fully saturated rings. The van der Waals surface area contributed by atoms with Gasteiger partial charge in [0.1, 0.15) is 0 Å². The maximum Gasteiger partial charge on any atom is 0.316 e. The molecule has 1 N–H and O–H groups in total. The summed E-state index contributed by atoms with van der Waals surface area (Å²) in [5.41, 5.74) is 0.660. The van der Waals surface area contributed by atoms with Crippen molar-refractivity contribution >= 4 is 8.25 Å². The van der Waals surface area contributed by atoms with Gasteiger partial charge in [0.05, 0.1) is 6.61 Å². The Morgan fingerprint density at radius 2 is 2.12 bits per heavy atom. The summed E-state index contributed by atoms with van der Waals surface area (Å²) in [6.07, 6.45) is 3.39. The van der Waals surface area contributed by atoms with E-state index in [1.807, 2.05) is 32.0 Å². The van der Waals surface area contributed by atoms with Crippen LogP contribution in [-0.2, 0) is 14.5 Å². The van der Waals surface area contributed by atoms with E-state index in [-0.39, 0.29) is 12.0 Å². The Labute approximate surface area is 96.6 Å². The third kappa shape index (κ3) is 3.14. The Hall–Kier alpha value is -0.700. The zero-order valence-corrected chi connectivity index (χ0v) is 10.6. The molecular formula is C11H18NO3P. The maximum atomic E-state index is 10.7. The second-order valence-electron chi connectivity index (χ2n) is 3.76. The molecular weight excluding hydrogens is 225 g/mol. The molecule has 0 saturated carbocycles. The number of hydrogen-bond donors (Lipinski definition) is 1. The SMILES string of the molecule is CCC(CC)(CO[PH](=O)O)c1ccccn1. The van der Waals surface area contributed by atoms with Gasteiger partial charge in [0.25, 0.3) is 0 Å². The molecule has 0 saturated heterocycles. The van der Waals surface area contributed by atoms with Crippen LogP contribution in [0.5, 0.6) is 0 Å². The summed E-state index contributed by atoms with van der Waals surface area (Å²) in [4.78, 5) is 13.1. The molecule has 0 aliphatic rings. The van der Waals surface area contributed by atoms with Gasteiger partial charge in [-0.05, 0) is 25.0 Å². The van der Waals surface area contributed by atoms with Gasteiger partial charge in [-0.1, -0.05) is 19.9 Å². The number of pyridine rings is 1. The van der Waals surface area contributed by atoms with Crippen LogP contribution in [0.2, 0.25) is 0 Å². The lowest BCUT2D eigenvalue weighted by Gasteiger charge is -2.30. The fourth-order valence-corrected chi connectivity index (χ4v) is 2.17. The first-order chi connectivity index (χ1) is 7.64. The molecule has 0 spiro atoms. The highest BCUT2D eigenvalue weighted by Gasteiger charge is 2.30. The lowest BCUT2D eigenvalue weighted by atomic mass is 9.80. The molecule has 1 aromatic heterocycles. The van der Waals surface area contributed by atoms with E-state index in [1.54, 1.807) is 6.20 Å². The monoisotopic (exact) mass is 243 g/mol. The lowest BCUT2D eigenvalue weighted by Crippen LogP contribution is -2.30. The van der Waals surface area contributed by atoms with Crippen molar-refractivity contribution in [3.8, 4) is 0 Å². The van der Waals surface area contributed by atoms with E-state index >= 15 is 0 Å². The van der Waals surface area contributed by atoms with Crippen molar-refractivity contribution in [1.82, 2.24) is 4.98 Å². The maximum absolute atomic E-state index is 10.7. The second kappa shape index (κ2) is 6.14. The van der Waals surface area contributed by atoms with E-state index in [2.05, 4.69) is 4.98 Å². The van der Waals surface area contributed by atoms with Crippen molar-refractivity contribution in [2.45, 2.75) is 32.1 Å². The minimum atomic E-state index is -2.87. The Bertz CT molecular complexity index is 338. The molecule has 1 unspecified atom stereocenters. The third-order valence-electron chi connectivity index (χ3n) is 3.03. The van der Waals surface area contributed by atoms with Gasteiger partial charge in [0.2, 0.25) is 0 Å². The number of aromatic nitrogens is 1. The first-order valence-corrected chi connectivity index (χ1v) is 6.68. The van der Waals surface area contributed by atoms with Crippen LogP contribution < -0.4 is 0 Å². The zero-order chi connectivity index (χ0) is 12.0. The summed E-state index contributed by atoms with van der Waals surface area (Å²) < 4.78 is 15.6. The van der Waals surface area contributed by atoms with Gasteiger partial charge < -0.3 is 9.42 Å². The number of rotatable bonds is 6. The molecule has 90 valence electrons. The summed E-state index contributed by atoms with van der Waals surface area (Å²) in [6, 6.07) is 5.71. The Morgan fingerprint density at radius 1 is 1.44 bits per heavy atom. The average molecular weight is 243 g/mol. The van der Waals surface area contributed by atoms with Crippen LogP contribution in [0.3, 0.4) is 0 Å². The molecule has 16 heavy (non-hydrogen) atoms. The molecule has 0 aliphatic carbocycles. The fraction of sp³-hybridized carbons (Fsp3) is 0.545. The quantitative estimate of drug-likeness (QED) is 0.780. The van der Waals surface area contributed by atoms with Gasteiger partial charge in [-0.25, -0.2) is 0 Å². The fourth-order valence-electron chi connectivity index (χ4n) is 1.77. The highest BCUT2D eigenvalue weighted by atomic mass is 31.1. The highest BCUT2D eigenvalue weighted by molar-refractivity contribution is 7.32. The van der Waals surface area contributed by atoms with Gasteiger partial charge in [0, 0.05) is 17.3 Å². The molecule has 4 nitrogen and oxygen atoms in total. The minimum absolute atomic E-state index is 0.241. The summed E-state index contributed by atoms with van der Waals surface area (Å²) in [7, 11) is -2.87. The minimum Gasteiger partial charge on any atom is -0.326 e. The Balaban J connectivity index is 2.92. The largest absolute Gasteiger partial charge is 0.326 e. The van der Waals surface area contributed by atoms with Gasteiger partial charge in [-0.15, -0.1) is 0 Å². The standard InChI is InChI=1S/C11H18NO3P/c1-3-11(4-2,9-15-16(13)14)10-7-5-6-8-12-10/h5-8,16H,3-4,9H2,1-2H3,(H,13,14). The molecule has 1 atom stereocenters. The summed E-state index contributed by atoms with van der Waals surface area (Å²) in [5.74, 6) is 0. The zero-order valence-electron chi connectivity index (χ0n) is 9.64. The van der Waals surface area contributed by atoms with E-state index in [9.17, 15) is 4.57 Å². The van der Waals surface area contributed by atoms with Crippen molar-refractivity contribution in [2.75, 3.05) is 6.61 Å². The van der Waals surface area contributed by atoms with Crippen molar-refractivity contribution in [2.24, 2.45) is 0 Å². The van der Waals surface area contributed by atoms with E-state index < -0.39 is 8.25 Å². The molecule has 0 aliphatic heterocycles. The molecule has 0 amide bonds. The highest BCUT2D eigenvalue weighted by Crippen LogP contribution is 2.33. The molecule has 0 radical (unpaired) electrons. The van der Waals surface area contributed by atoms with Crippen molar-refractivity contribution < 1.29 is 14.0 Å². The number of hydrogen-bond acceptors (Lipinski definition) is 3. The van der Waals surface area contributed by atoms with Crippen LogP contribution in [0.25, 0.3) is 0 Å². The second-order valence-corrected chi connectivity index (χ2v) is 4.58. The van der Waals surface area contributed by atoms with Crippen molar-refractivity contribution in [3.05, 3.63) is 30.1 Å². The third-order valence-corrected chi connectivity index (χ3v) is 3.43. The van der Waals surface area contributed by atoms with Gasteiger partial charge >= 0.3 is 8.25 Å². The van der Waals surface area contributed by atoms with Crippen LogP contribution in [0.1, 0.15) is 32.4 Å². The van der Waals surface area contributed by atoms with Crippen molar-refractivity contribution in [3.63, 3.8) is 0 Å². The summed E-state index contributed by atoms with van der Waals surface area (Å²) in [5, 5.41) is 0. The van der Waals surface area contributed by atoms with Gasteiger partial charge in [-0.2, -0.15) is 0 Å². The van der Waals surface area contributed by atoms with Crippen LogP contribution in [-0.4, -0.2) is 16.5 Å². The number of nitrogens with zero attached hydrogens (tertiary/aromatic N) is 1. The predicted molar refractivity (Wildman–Crippen MR) is 63.7 cm³/mol. The van der Waals surface area contributed by atoms with E-state index in [4.69, 9.17) is 9.42 Å². The lowest BCUT2D eigenvalue weighted by molar-refractivity contribution is 0.189. The van der Waals surface area contributed by atoms with Gasteiger partial charge in [-0.3, -0.25) is 9.55 Å². The Morgan fingerprint density at radius 3 is 2.56 bits per heavy atom. The normalized spacial score (nSPS) is 13.7. The van der Waals surface area contributed by atoms with Crippen LogP contribution in [0, 0.1) is 0 Å². The molecule has 1 aromatic rings. The molecule has 0 bridgehead atoms. The van der Waals surface area contributed by atoms with Crippen LogP contribution in [0.4, 0.5) is 0 Å². The van der Waals surface area contributed by atoms with Crippen LogP contribution in [0.15, 0.2) is 24.4 Å². The first kappa shape index (κ1) is 13.4. The molecule has 1 heterocycles. The van der Waals surface area contributed by atoms with Crippen LogP contribution >= 0.6 is 8.25 Å². The van der Waals surface area contributed by atoms with Gasteiger partial charge in [0.15, 0.2) is 0 Å². The summed E-state index contributed by atoms with van der Waals surface area (Å²) >= 11 is 0. The smallest absolute Gasteiger partial charge is 0.316 e. The summed E-state index contributed by atoms with van der Waals surface area (Å²) in [6.45, 7) is 4.32. The van der Waals surface area contributed by atoms with E-state index in [0.717, 1.165) is 18.5 Å². The van der Waals surface area contributed by atoms with E-state index in [0.29, 0.717) is 0 Å². The first-order valence-electron chi connectivity index (χ1n) is 5.42. The molecule has 1 rings (SSSR count). The Kier molecular flexibility index (Phi) is 5.13. The van der Waals surface area contributed by atoms with Crippen molar-refractivity contribution in [1.29, 1.82) is 0 Å². The molecule has 0 aromatic carbocycles. The molecule has 5 heteroatoms. The van der Waals surface area contributed by atoms with E-state index in [1.165, 1.54) is 0 Å². The topological polar surface area (TPSA) is 59.4 Å². The predicted octanol–water partition coefficient (Wildman–Crippen LogP) is 2.54. The average Bonchev–Trinajstić information content (AvgIpc) is 2.32.